The lowest BCUT2D eigenvalue weighted by Gasteiger charge is -2.04. The van der Waals surface area contributed by atoms with E-state index in [-0.39, 0.29) is 0 Å². The highest BCUT2D eigenvalue weighted by Gasteiger charge is 2.06. The SMILES string of the molecule is O=C(C=Cc1ccc(-c2ccc(Cl)cc2)o1)NNC(=O)c1ccncc1. The van der Waals surface area contributed by atoms with E-state index in [4.69, 9.17) is 16.0 Å². The molecule has 0 saturated carbocycles. The fraction of sp³-hybridized carbons (Fsp3) is 0. The Kier molecular flexibility index (Phi) is 5.46. The third-order valence-electron chi connectivity index (χ3n) is 3.40. The molecular weight excluding hydrogens is 354 g/mol. The highest BCUT2D eigenvalue weighted by atomic mass is 35.5. The van der Waals surface area contributed by atoms with Gasteiger partial charge in [0.25, 0.3) is 11.8 Å². The normalized spacial score (nSPS) is 10.7. The number of nitrogens with one attached hydrogen (secondary N) is 2. The standard InChI is InChI=1S/C19H14ClN3O3/c20-15-3-1-13(2-4-15)17-7-5-16(26-17)6-8-18(24)22-23-19(25)14-9-11-21-12-10-14/h1-12H,(H,22,24)(H,23,25). The zero-order chi connectivity index (χ0) is 18.4. The average molecular weight is 368 g/mol. The molecule has 0 fully saturated rings. The second-order valence-corrected chi connectivity index (χ2v) is 5.66. The topological polar surface area (TPSA) is 84.2 Å². The minimum absolute atomic E-state index is 0.392. The zero-order valence-electron chi connectivity index (χ0n) is 13.5. The maximum absolute atomic E-state index is 11.8. The van der Waals surface area contributed by atoms with Crippen LogP contribution in [0.5, 0.6) is 0 Å². The van der Waals surface area contributed by atoms with Crippen LogP contribution in [0.4, 0.5) is 0 Å². The van der Waals surface area contributed by atoms with Gasteiger partial charge in [-0.1, -0.05) is 11.6 Å². The van der Waals surface area contributed by atoms with Crippen LogP contribution in [-0.4, -0.2) is 16.8 Å². The van der Waals surface area contributed by atoms with Crippen molar-refractivity contribution >= 4 is 29.5 Å². The van der Waals surface area contributed by atoms with E-state index in [1.54, 1.807) is 36.4 Å². The Morgan fingerprint density at radius 1 is 0.962 bits per heavy atom. The van der Waals surface area contributed by atoms with Gasteiger partial charge in [-0.3, -0.25) is 25.4 Å². The number of carbonyl (C=O) groups is 2. The zero-order valence-corrected chi connectivity index (χ0v) is 14.2. The minimum Gasteiger partial charge on any atom is -0.457 e. The van der Waals surface area contributed by atoms with Gasteiger partial charge in [-0.2, -0.15) is 0 Å². The number of nitrogens with zero attached hydrogens (tertiary/aromatic N) is 1. The van der Waals surface area contributed by atoms with Crippen molar-refractivity contribution in [2.45, 2.75) is 0 Å². The Labute approximate surface area is 154 Å². The quantitative estimate of drug-likeness (QED) is 0.546. The van der Waals surface area contributed by atoms with Crippen molar-refractivity contribution in [1.82, 2.24) is 15.8 Å². The maximum atomic E-state index is 11.8. The number of hydrogen-bond donors (Lipinski definition) is 2. The largest absolute Gasteiger partial charge is 0.457 e. The van der Waals surface area contributed by atoms with Gasteiger partial charge in [0, 0.05) is 34.6 Å². The molecule has 0 bridgehead atoms. The predicted molar refractivity (Wildman–Crippen MR) is 98.0 cm³/mol. The van der Waals surface area contributed by atoms with Crippen LogP contribution in [0.15, 0.2) is 71.4 Å². The fourth-order valence-electron chi connectivity index (χ4n) is 2.11. The molecule has 0 spiro atoms. The average Bonchev–Trinajstić information content (AvgIpc) is 3.14. The summed E-state index contributed by atoms with van der Waals surface area (Å²) in [5, 5.41) is 0.644. The smallest absolute Gasteiger partial charge is 0.269 e. The van der Waals surface area contributed by atoms with Crippen molar-refractivity contribution in [2.24, 2.45) is 0 Å². The fourth-order valence-corrected chi connectivity index (χ4v) is 2.23. The number of benzene rings is 1. The van der Waals surface area contributed by atoms with E-state index in [0.717, 1.165) is 5.56 Å². The lowest BCUT2D eigenvalue weighted by molar-refractivity contribution is -0.117. The summed E-state index contributed by atoms with van der Waals surface area (Å²) in [6.07, 6.45) is 5.75. The van der Waals surface area contributed by atoms with Gasteiger partial charge in [0.05, 0.1) is 0 Å². The number of halogens is 1. The van der Waals surface area contributed by atoms with E-state index in [0.29, 0.717) is 22.1 Å². The first-order valence-electron chi connectivity index (χ1n) is 7.66. The van der Waals surface area contributed by atoms with Crippen molar-refractivity contribution in [2.75, 3.05) is 0 Å². The third-order valence-corrected chi connectivity index (χ3v) is 3.65. The molecule has 0 unspecified atom stereocenters. The molecule has 2 amide bonds. The molecule has 0 aliphatic heterocycles. The predicted octanol–water partition coefficient (Wildman–Crippen LogP) is 3.47. The number of amides is 2. The second kappa shape index (κ2) is 8.13. The highest BCUT2D eigenvalue weighted by molar-refractivity contribution is 6.30. The molecule has 7 heteroatoms. The molecule has 1 aromatic carbocycles. The Morgan fingerprint density at radius 3 is 2.42 bits per heavy atom. The Morgan fingerprint density at radius 2 is 1.69 bits per heavy atom. The van der Waals surface area contributed by atoms with E-state index in [1.165, 1.54) is 24.5 Å². The van der Waals surface area contributed by atoms with E-state index in [1.807, 2.05) is 12.1 Å². The highest BCUT2D eigenvalue weighted by Crippen LogP contribution is 2.24. The van der Waals surface area contributed by atoms with Gasteiger partial charge in [-0.25, -0.2) is 0 Å². The van der Waals surface area contributed by atoms with Crippen LogP contribution in [0.2, 0.25) is 5.02 Å². The number of hydrazine groups is 1. The van der Waals surface area contributed by atoms with Crippen molar-refractivity contribution in [1.29, 1.82) is 0 Å². The molecule has 0 saturated heterocycles. The number of pyridine rings is 1. The van der Waals surface area contributed by atoms with Gasteiger partial charge < -0.3 is 4.42 Å². The number of furan rings is 1. The Bertz CT molecular complexity index is 934. The summed E-state index contributed by atoms with van der Waals surface area (Å²) in [5.41, 5.74) is 5.87. The summed E-state index contributed by atoms with van der Waals surface area (Å²) in [4.78, 5) is 27.4. The number of rotatable bonds is 4. The molecule has 2 aromatic heterocycles. The first-order valence-corrected chi connectivity index (χ1v) is 8.04. The van der Waals surface area contributed by atoms with Crippen LogP contribution >= 0.6 is 11.6 Å². The van der Waals surface area contributed by atoms with E-state index in [2.05, 4.69) is 15.8 Å². The summed E-state index contributed by atoms with van der Waals surface area (Å²) in [6, 6.07) is 13.8. The molecule has 0 aliphatic rings. The summed E-state index contributed by atoms with van der Waals surface area (Å²) in [7, 11) is 0. The van der Waals surface area contributed by atoms with Crippen molar-refractivity contribution in [3.05, 3.63) is 83.3 Å². The van der Waals surface area contributed by atoms with Gasteiger partial charge in [0.2, 0.25) is 0 Å². The molecule has 130 valence electrons. The van der Waals surface area contributed by atoms with Crippen LogP contribution in [0, 0.1) is 0 Å². The van der Waals surface area contributed by atoms with Crippen LogP contribution in [0.1, 0.15) is 16.1 Å². The maximum Gasteiger partial charge on any atom is 0.269 e. The number of carbonyl (C=O) groups excluding carboxylic acids is 2. The van der Waals surface area contributed by atoms with Crippen LogP contribution in [-0.2, 0) is 4.79 Å². The first-order chi connectivity index (χ1) is 12.6. The molecule has 0 radical (unpaired) electrons. The summed E-state index contributed by atoms with van der Waals surface area (Å²) in [5.74, 6) is 0.243. The molecule has 6 nitrogen and oxygen atoms in total. The first kappa shape index (κ1) is 17.4. The molecule has 0 aliphatic carbocycles. The van der Waals surface area contributed by atoms with Gasteiger partial charge >= 0.3 is 0 Å². The van der Waals surface area contributed by atoms with Crippen LogP contribution in [0.3, 0.4) is 0 Å². The van der Waals surface area contributed by atoms with E-state index in [9.17, 15) is 9.59 Å². The Balaban J connectivity index is 1.55. The van der Waals surface area contributed by atoms with E-state index < -0.39 is 11.8 Å². The summed E-state index contributed by atoms with van der Waals surface area (Å²) in [6.45, 7) is 0. The molecule has 2 N–H and O–H groups in total. The second-order valence-electron chi connectivity index (χ2n) is 5.22. The van der Waals surface area contributed by atoms with Gasteiger partial charge in [0.1, 0.15) is 11.5 Å². The number of hydrogen-bond acceptors (Lipinski definition) is 4. The molecule has 0 atom stereocenters. The third kappa shape index (κ3) is 4.58. The van der Waals surface area contributed by atoms with Crippen molar-refractivity contribution < 1.29 is 14.0 Å². The minimum atomic E-state index is -0.489. The lowest BCUT2D eigenvalue weighted by atomic mass is 10.2. The van der Waals surface area contributed by atoms with Crippen molar-refractivity contribution in [3.8, 4) is 11.3 Å². The monoisotopic (exact) mass is 367 g/mol. The molecular formula is C19H14ClN3O3. The summed E-state index contributed by atoms with van der Waals surface area (Å²) >= 11 is 5.86. The lowest BCUT2D eigenvalue weighted by Crippen LogP contribution is -2.40. The van der Waals surface area contributed by atoms with Gasteiger partial charge in [0.15, 0.2) is 0 Å². The van der Waals surface area contributed by atoms with Crippen LogP contribution < -0.4 is 10.9 Å². The van der Waals surface area contributed by atoms with E-state index >= 15 is 0 Å². The molecule has 3 aromatic rings. The van der Waals surface area contributed by atoms with Crippen molar-refractivity contribution in [3.63, 3.8) is 0 Å². The van der Waals surface area contributed by atoms with Gasteiger partial charge in [-0.05, 0) is 54.6 Å². The molecule has 3 rings (SSSR count). The van der Waals surface area contributed by atoms with Gasteiger partial charge in [-0.15, -0.1) is 0 Å². The van der Waals surface area contributed by atoms with Crippen LogP contribution in [0.25, 0.3) is 17.4 Å². The molecule has 2 heterocycles. The Hall–Kier alpha value is -3.38. The molecule has 26 heavy (non-hydrogen) atoms. The number of aromatic nitrogens is 1. The summed E-state index contributed by atoms with van der Waals surface area (Å²) < 4.78 is 5.65.